The maximum absolute atomic E-state index is 12.7. The van der Waals surface area contributed by atoms with E-state index in [-0.39, 0.29) is 11.8 Å². The van der Waals surface area contributed by atoms with E-state index in [0.29, 0.717) is 13.1 Å². The van der Waals surface area contributed by atoms with Crippen molar-refractivity contribution in [3.05, 3.63) is 84.4 Å². The van der Waals surface area contributed by atoms with Gasteiger partial charge in [-0.25, -0.2) is 9.97 Å². The number of carbonyl (C=O) groups is 1. The number of nitrogens with zero attached hydrogens (tertiary/aromatic N) is 4. The zero-order valence-electron chi connectivity index (χ0n) is 20.0. The van der Waals surface area contributed by atoms with Crippen LogP contribution in [-0.2, 0) is 4.79 Å². The van der Waals surface area contributed by atoms with Gasteiger partial charge in [0.05, 0.1) is 5.69 Å². The fraction of sp³-hybridized carbons (Fsp3) is 0.207. The lowest BCUT2D eigenvalue weighted by Crippen LogP contribution is -2.37. The molecule has 3 aromatic heterocycles. The number of fused-ring (bicyclic) bond motifs is 2. The Morgan fingerprint density at radius 1 is 1.08 bits per heavy atom. The number of nitrogens with one attached hydrogen (secondary N) is 2. The topological polar surface area (TPSA) is 78.3 Å². The number of hydrogen-bond donors (Lipinski definition) is 2. The van der Waals surface area contributed by atoms with Crippen LogP contribution in [0.2, 0.25) is 0 Å². The standard InChI is InChI=1S/C29H26N6O/c1-30-28-27-26(24-19-22-9-5-6-10-23(22)32-24)33-29(35(27)18-15-31-28)21-13-16-34(17-14-21)25(36)12-11-20-7-3-2-4-8-20/h2-10,15,18-19,21,32H,13-14,16-17H2,1H3,(H,30,31). The third-order valence-corrected chi connectivity index (χ3v) is 6.84. The summed E-state index contributed by atoms with van der Waals surface area (Å²) in [5, 5.41) is 4.37. The number of carbonyl (C=O) groups excluding carboxylic acids is 1. The van der Waals surface area contributed by atoms with Crippen LogP contribution in [0.1, 0.15) is 30.1 Å². The number of hydrogen-bond acceptors (Lipinski definition) is 4. The van der Waals surface area contributed by atoms with Crippen molar-refractivity contribution in [2.75, 3.05) is 25.5 Å². The zero-order chi connectivity index (χ0) is 24.5. The smallest absolute Gasteiger partial charge is 0.298 e. The lowest BCUT2D eigenvalue weighted by molar-refractivity contribution is -0.126. The van der Waals surface area contributed by atoms with Crippen LogP contribution in [0.4, 0.5) is 5.82 Å². The molecule has 0 spiro atoms. The van der Waals surface area contributed by atoms with Crippen molar-refractivity contribution in [3.8, 4) is 23.2 Å². The summed E-state index contributed by atoms with van der Waals surface area (Å²) in [6, 6.07) is 20.0. The Morgan fingerprint density at radius 2 is 1.86 bits per heavy atom. The van der Waals surface area contributed by atoms with E-state index in [1.165, 1.54) is 0 Å². The largest absolute Gasteiger partial charge is 0.371 e. The highest BCUT2D eigenvalue weighted by molar-refractivity contribution is 5.94. The highest BCUT2D eigenvalue weighted by atomic mass is 16.2. The van der Waals surface area contributed by atoms with Gasteiger partial charge in [0.1, 0.15) is 17.0 Å². The minimum absolute atomic E-state index is 0.120. The molecule has 178 valence electrons. The van der Waals surface area contributed by atoms with Crippen molar-refractivity contribution >= 4 is 28.1 Å². The number of H-pyrrole nitrogens is 1. The highest BCUT2D eigenvalue weighted by Gasteiger charge is 2.28. The maximum Gasteiger partial charge on any atom is 0.298 e. The summed E-state index contributed by atoms with van der Waals surface area (Å²) in [4.78, 5) is 27.8. The van der Waals surface area contributed by atoms with E-state index in [1.807, 2.05) is 60.6 Å². The number of likely N-dealkylation sites (tertiary alicyclic amines) is 1. The van der Waals surface area contributed by atoms with Crippen LogP contribution >= 0.6 is 0 Å². The molecular weight excluding hydrogens is 448 g/mol. The van der Waals surface area contributed by atoms with Crippen LogP contribution in [0.3, 0.4) is 0 Å². The van der Waals surface area contributed by atoms with Gasteiger partial charge in [-0.3, -0.25) is 9.20 Å². The van der Waals surface area contributed by atoms with E-state index in [4.69, 9.17) is 4.98 Å². The predicted molar refractivity (Wildman–Crippen MR) is 142 cm³/mol. The highest BCUT2D eigenvalue weighted by Crippen LogP contribution is 2.35. The van der Waals surface area contributed by atoms with Gasteiger partial charge in [-0.05, 0) is 37.1 Å². The summed E-state index contributed by atoms with van der Waals surface area (Å²) < 4.78 is 2.15. The molecule has 0 saturated carbocycles. The van der Waals surface area contributed by atoms with Crippen molar-refractivity contribution in [1.29, 1.82) is 0 Å². The van der Waals surface area contributed by atoms with E-state index in [1.54, 1.807) is 6.20 Å². The van der Waals surface area contributed by atoms with Gasteiger partial charge < -0.3 is 15.2 Å². The number of anilines is 1. The van der Waals surface area contributed by atoms with Gasteiger partial charge in [0.25, 0.3) is 5.91 Å². The maximum atomic E-state index is 12.7. The van der Waals surface area contributed by atoms with Gasteiger partial charge in [0.2, 0.25) is 0 Å². The molecule has 0 aliphatic carbocycles. The SMILES string of the molecule is CNc1nccn2c(C3CCN(C(=O)C#Cc4ccccc4)CC3)nc(-c3cc4ccccc4[nH]3)c12. The summed E-state index contributed by atoms with van der Waals surface area (Å²) in [5.74, 6) is 7.68. The molecule has 1 fully saturated rings. The normalized spacial score (nSPS) is 14.1. The molecule has 1 amide bonds. The van der Waals surface area contributed by atoms with E-state index >= 15 is 0 Å². The number of aromatic nitrogens is 4. The number of amides is 1. The summed E-state index contributed by atoms with van der Waals surface area (Å²) in [6.45, 7) is 1.32. The van der Waals surface area contributed by atoms with Gasteiger partial charge >= 0.3 is 0 Å². The van der Waals surface area contributed by atoms with Gasteiger partial charge in [-0.1, -0.05) is 42.3 Å². The summed E-state index contributed by atoms with van der Waals surface area (Å²) in [5.41, 5.74) is 4.73. The van der Waals surface area contributed by atoms with E-state index < -0.39 is 0 Å². The Balaban J connectivity index is 1.29. The number of para-hydroxylation sites is 1. The molecular formula is C29H26N6O. The fourth-order valence-electron chi connectivity index (χ4n) is 4.99. The molecule has 2 N–H and O–H groups in total. The number of rotatable bonds is 3. The Morgan fingerprint density at radius 3 is 2.64 bits per heavy atom. The number of aromatic amines is 1. The second-order valence-corrected chi connectivity index (χ2v) is 9.02. The Hall–Kier alpha value is -4.57. The predicted octanol–water partition coefficient (Wildman–Crippen LogP) is 4.68. The first-order chi connectivity index (χ1) is 17.7. The molecule has 0 bridgehead atoms. The van der Waals surface area contributed by atoms with E-state index in [0.717, 1.165) is 57.9 Å². The lowest BCUT2D eigenvalue weighted by atomic mass is 9.96. The Labute approximate surface area is 209 Å². The summed E-state index contributed by atoms with van der Waals surface area (Å²) in [6.07, 6.45) is 5.45. The Bertz CT molecular complexity index is 1580. The molecule has 36 heavy (non-hydrogen) atoms. The van der Waals surface area contributed by atoms with Crippen LogP contribution in [0.25, 0.3) is 27.8 Å². The number of benzene rings is 2. The minimum Gasteiger partial charge on any atom is -0.371 e. The van der Waals surface area contributed by atoms with E-state index in [9.17, 15) is 4.79 Å². The molecule has 1 saturated heterocycles. The van der Waals surface area contributed by atoms with Crippen molar-refractivity contribution in [2.45, 2.75) is 18.8 Å². The monoisotopic (exact) mass is 474 g/mol. The molecule has 2 aromatic carbocycles. The molecule has 0 atom stereocenters. The number of imidazole rings is 1. The summed E-state index contributed by atoms with van der Waals surface area (Å²) >= 11 is 0. The van der Waals surface area contributed by atoms with Crippen LogP contribution in [-0.4, -0.2) is 50.3 Å². The molecule has 7 heteroatoms. The lowest BCUT2D eigenvalue weighted by Gasteiger charge is -2.30. The average Bonchev–Trinajstić information content (AvgIpc) is 3.54. The second-order valence-electron chi connectivity index (χ2n) is 9.02. The third kappa shape index (κ3) is 3.97. The van der Waals surface area contributed by atoms with Gasteiger partial charge in [0, 0.05) is 60.8 Å². The van der Waals surface area contributed by atoms with Crippen LogP contribution in [0.15, 0.2) is 73.1 Å². The van der Waals surface area contributed by atoms with Crippen LogP contribution in [0.5, 0.6) is 0 Å². The zero-order valence-corrected chi connectivity index (χ0v) is 20.0. The van der Waals surface area contributed by atoms with E-state index in [2.05, 4.69) is 49.7 Å². The quantitative estimate of drug-likeness (QED) is 0.372. The molecule has 1 aliphatic heterocycles. The van der Waals surface area contributed by atoms with Crippen molar-refractivity contribution < 1.29 is 4.79 Å². The third-order valence-electron chi connectivity index (χ3n) is 6.84. The van der Waals surface area contributed by atoms with Crippen molar-refractivity contribution in [3.63, 3.8) is 0 Å². The first kappa shape index (κ1) is 21.9. The van der Waals surface area contributed by atoms with Crippen LogP contribution in [0, 0.1) is 11.8 Å². The molecule has 7 nitrogen and oxygen atoms in total. The first-order valence-electron chi connectivity index (χ1n) is 12.2. The van der Waals surface area contributed by atoms with Gasteiger partial charge in [-0.2, -0.15) is 0 Å². The molecule has 5 aromatic rings. The second kappa shape index (κ2) is 9.23. The fourth-order valence-corrected chi connectivity index (χ4v) is 4.99. The van der Waals surface area contributed by atoms with Crippen molar-refractivity contribution in [2.24, 2.45) is 0 Å². The molecule has 0 unspecified atom stereocenters. The molecule has 4 heterocycles. The molecule has 1 aliphatic rings. The van der Waals surface area contributed by atoms with Gasteiger partial charge in [-0.15, -0.1) is 0 Å². The summed E-state index contributed by atoms with van der Waals surface area (Å²) in [7, 11) is 1.88. The van der Waals surface area contributed by atoms with Crippen LogP contribution < -0.4 is 5.32 Å². The molecule has 0 radical (unpaired) electrons. The average molecular weight is 475 g/mol. The Kier molecular flexibility index (Phi) is 5.62. The first-order valence-corrected chi connectivity index (χ1v) is 12.2. The minimum atomic E-state index is -0.120. The van der Waals surface area contributed by atoms with Crippen molar-refractivity contribution in [1.82, 2.24) is 24.3 Å². The van der Waals surface area contributed by atoms with Gasteiger partial charge in [0.15, 0.2) is 5.82 Å². The molecule has 6 rings (SSSR count). The number of piperidine rings is 1.